The molecule has 1 saturated heterocycles. The molecule has 60 heavy (non-hydrogen) atoms. The number of aromatic amines is 1. The molecule has 0 radical (unpaired) electrons. The lowest BCUT2D eigenvalue weighted by molar-refractivity contribution is -0.00393. The molecule has 0 spiro atoms. The molecule has 2 aromatic heterocycles. The fourth-order valence-corrected chi connectivity index (χ4v) is 9.51. The Hall–Kier alpha value is -4.30. The summed E-state index contributed by atoms with van der Waals surface area (Å²) in [5.41, 5.74) is 5.48. The summed E-state index contributed by atoms with van der Waals surface area (Å²) in [6.45, 7) is 8.88. The van der Waals surface area contributed by atoms with Crippen LogP contribution in [0.15, 0.2) is 89.6 Å². The number of allylic oxidation sites excluding steroid dienone is 1. The molecule has 11 nitrogen and oxygen atoms in total. The second-order valence-electron chi connectivity index (χ2n) is 16.8. The van der Waals surface area contributed by atoms with Crippen molar-refractivity contribution in [3.05, 3.63) is 106 Å². The SMILES string of the molecule is COC1(C)CCC(c2ccc(Cl)cc2)=C(CN2CCN(c3ccc(C(=O)NSc4cnc(OC[C@H]5CC[C@](C)(O)CC5)c(Cl)c4)c(Oc4cccc5[nH]ncc45)c3)CC2)C1. The second kappa shape index (κ2) is 18.4. The first kappa shape index (κ1) is 42.4. The Balaban J connectivity index is 0.950. The molecule has 14 heteroatoms. The minimum atomic E-state index is -0.596. The normalized spacial score (nSPS) is 22.6. The van der Waals surface area contributed by atoms with E-state index in [1.807, 2.05) is 62.6 Å². The predicted molar refractivity (Wildman–Crippen MR) is 240 cm³/mol. The Labute approximate surface area is 365 Å². The maximum Gasteiger partial charge on any atom is 0.265 e. The van der Waals surface area contributed by atoms with Crippen LogP contribution in [0.25, 0.3) is 16.5 Å². The van der Waals surface area contributed by atoms with Crippen molar-refractivity contribution in [2.45, 2.75) is 74.9 Å². The average Bonchev–Trinajstić information content (AvgIpc) is 3.74. The molecule has 8 rings (SSSR count). The fraction of sp³-hybridized carbons (Fsp3) is 0.413. The number of nitrogens with zero attached hydrogens (tertiary/aromatic N) is 4. The zero-order chi connectivity index (χ0) is 41.9. The molecule has 3 aromatic carbocycles. The number of benzene rings is 3. The quantitative estimate of drug-likeness (QED) is 0.0986. The number of fused-ring (bicyclic) bond motifs is 1. The number of methoxy groups -OCH3 is 1. The van der Waals surface area contributed by atoms with Crippen molar-refractivity contribution in [2.75, 3.05) is 51.3 Å². The third-order valence-electron chi connectivity index (χ3n) is 12.3. The van der Waals surface area contributed by atoms with Crippen molar-refractivity contribution in [1.82, 2.24) is 24.8 Å². The highest BCUT2D eigenvalue weighted by molar-refractivity contribution is 7.98. The van der Waals surface area contributed by atoms with Crippen molar-refractivity contribution >= 4 is 63.2 Å². The number of H-pyrrole nitrogens is 1. The number of amides is 1. The number of rotatable bonds is 13. The van der Waals surface area contributed by atoms with Gasteiger partial charge < -0.3 is 24.2 Å². The molecule has 3 aliphatic rings. The molecule has 3 N–H and O–H groups in total. The monoisotopic (exact) mass is 870 g/mol. The highest BCUT2D eigenvalue weighted by atomic mass is 35.5. The van der Waals surface area contributed by atoms with Gasteiger partial charge in [-0.3, -0.25) is 19.5 Å². The summed E-state index contributed by atoms with van der Waals surface area (Å²) >= 11 is 14.0. The molecule has 0 bridgehead atoms. The molecule has 2 fully saturated rings. The van der Waals surface area contributed by atoms with E-state index in [9.17, 15) is 9.90 Å². The number of halogens is 2. The standard InChI is InChI=1S/C46H52Cl2N6O5S/c1-45(56)16-13-30(14-17-45)29-58-44-39(48)24-35(26-49-44)60-52-43(55)37-12-11-34(23-42(37)59-41-6-4-5-40-38(41)27-50-51-40)54-21-19-53(20-22-54)28-32-25-46(2,57-3)18-15-36(32)31-7-9-33(47)10-8-31/h4-12,23-24,26-27,30,56H,13-22,25,28-29H2,1-3H3,(H,50,51)(H,52,55)/t30-,45-,46?. The maximum absolute atomic E-state index is 13.9. The van der Waals surface area contributed by atoms with Gasteiger partial charge in [0.15, 0.2) is 0 Å². The molecule has 3 heterocycles. The van der Waals surface area contributed by atoms with Crippen LogP contribution in [0.2, 0.25) is 10.0 Å². The number of nitrogens with one attached hydrogen (secondary N) is 2. The van der Waals surface area contributed by atoms with Gasteiger partial charge in [0.1, 0.15) is 16.5 Å². The number of hydrogen-bond donors (Lipinski definition) is 3. The number of ether oxygens (including phenoxy) is 3. The minimum absolute atomic E-state index is 0.180. The van der Waals surface area contributed by atoms with Gasteiger partial charge in [-0.15, -0.1) is 0 Å². The van der Waals surface area contributed by atoms with E-state index in [2.05, 4.69) is 48.8 Å². The van der Waals surface area contributed by atoms with E-state index in [0.717, 1.165) is 111 Å². The van der Waals surface area contributed by atoms with E-state index >= 15 is 0 Å². The van der Waals surface area contributed by atoms with Crippen LogP contribution in [0.1, 0.15) is 74.7 Å². The molecule has 5 aromatic rings. The summed E-state index contributed by atoms with van der Waals surface area (Å²) in [5, 5.41) is 19.4. The van der Waals surface area contributed by atoms with Crippen LogP contribution < -0.4 is 19.1 Å². The van der Waals surface area contributed by atoms with E-state index in [1.54, 1.807) is 18.5 Å². The van der Waals surface area contributed by atoms with Crippen LogP contribution in [0.4, 0.5) is 5.69 Å². The van der Waals surface area contributed by atoms with Crippen molar-refractivity contribution in [3.63, 3.8) is 0 Å². The Morgan fingerprint density at radius 3 is 2.52 bits per heavy atom. The van der Waals surface area contributed by atoms with E-state index in [0.29, 0.717) is 45.4 Å². The van der Waals surface area contributed by atoms with Gasteiger partial charge in [0, 0.05) is 67.7 Å². The molecule has 1 unspecified atom stereocenters. The molecule has 1 aliphatic heterocycles. The van der Waals surface area contributed by atoms with Crippen molar-refractivity contribution in [3.8, 4) is 17.4 Å². The maximum atomic E-state index is 13.9. The molecule has 1 saturated carbocycles. The molecule has 316 valence electrons. The van der Waals surface area contributed by atoms with Crippen LogP contribution in [-0.2, 0) is 4.74 Å². The number of pyridine rings is 1. The topological polar surface area (TPSA) is 125 Å². The van der Waals surface area contributed by atoms with Gasteiger partial charge in [-0.25, -0.2) is 4.98 Å². The number of piperazine rings is 1. The number of aromatic nitrogens is 3. The van der Waals surface area contributed by atoms with Crippen LogP contribution >= 0.6 is 35.1 Å². The first-order chi connectivity index (χ1) is 28.9. The zero-order valence-corrected chi connectivity index (χ0v) is 36.6. The summed E-state index contributed by atoms with van der Waals surface area (Å²) in [5.74, 6) is 1.40. The third kappa shape index (κ3) is 10.1. The average molecular weight is 872 g/mol. The zero-order valence-electron chi connectivity index (χ0n) is 34.3. The highest BCUT2D eigenvalue weighted by Gasteiger charge is 2.33. The fourth-order valence-electron chi connectivity index (χ4n) is 8.49. The van der Waals surface area contributed by atoms with Gasteiger partial charge in [0.05, 0.1) is 40.5 Å². The Morgan fingerprint density at radius 1 is 0.983 bits per heavy atom. The van der Waals surface area contributed by atoms with Crippen molar-refractivity contribution in [2.24, 2.45) is 5.92 Å². The van der Waals surface area contributed by atoms with Crippen LogP contribution in [0.5, 0.6) is 17.4 Å². The van der Waals surface area contributed by atoms with Gasteiger partial charge in [-0.1, -0.05) is 41.4 Å². The summed E-state index contributed by atoms with van der Waals surface area (Å²) in [7, 11) is 1.82. The number of anilines is 1. The highest BCUT2D eigenvalue weighted by Crippen LogP contribution is 2.41. The summed E-state index contributed by atoms with van der Waals surface area (Å²) < 4.78 is 21.5. The predicted octanol–water partition coefficient (Wildman–Crippen LogP) is 9.98. The number of hydrogen-bond acceptors (Lipinski definition) is 10. The summed E-state index contributed by atoms with van der Waals surface area (Å²) in [6.07, 6.45) is 9.50. The van der Waals surface area contributed by atoms with Crippen LogP contribution in [0.3, 0.4) is 0 Å². The van der Waals surface area contributed by atoms with Gasteiger partial charge in [0.2, 0.25) is 5.88 Å². The molecular weight excluding hydrogens is 820 g/mol. The number of aliphatic hydroxyl groups is 1. The van der Waals surface area contributed by atoms with Crippen molar-refractivity contribution in [1.29, 1.82) is 0 Å². The van der Waals surface area contributed by atoms with Crippen LogP contribution in [0, 0.1) is 5.92 Å². The van der Waals surface area contributed by atoms with E-state index in [1.165, 1.54) is 16.7 Å². The van der Waals surface area contributed by atoms with Gasteiger partial charge in [0.25, 0.3) is 5.91 Å². The van der Waals surface area contributed by atoms with E-state index < -0.39 is 5.60 Å². The first-order valence-electron chi connectivity index (χ1n) is 20.7. The minimum Gasteiger partial charge on any atom is -0.476 e. The Bertz CT molecular complexity index is 2340. The lowest BCUT2D eigenvalue weighted by Crippen LogP contribution is -2.47. The lowest BCUT2D eigenvalue weighted by Gasteiger charge is -2.40. The Morgan fingerprint density at radius 2 is 1.77 bits per heavy atom. The Kier molecular flexibility index (Phi) is 13.0. The van der Waals surface area contributed by atoms with Gasteiger partial charge in [-0.2, -0.15) is 5.10 Å². The number of carbonyl (C=O) groups is 1. The third-order valence-corrected chi connectivity index (χ3v) is 13.6. The summed E-state index contributed by atoms with van der Waals surface area (Å²) in [6, 6.07) is 21.4. The molecule has 1 amide bonds. The number of carbonyl (C=O) groups excluding carboxylic acids is 1. The first-order valence-corrected chi connectivity index (χ1v) is 22.2. The largest absolute Gasteiger partial charge is 0.476 e. The summed E-state index contributed by atoms with van der Waals surface area (Å²) in [4.78, 5) is 23.9. The smallest absolute Gasteiger partial charge is 0.265 e. The van der Waals surface area contributed by atoms with Gasteiger partial charge >= 0.3 is 0 Å². The van der Waals surface area contributed by atoms with E-state index in [-0.39, 0.29) is 11.5 Å². The van der Waals surface area contributed by atoms with Crippen molar-refractivity contribution < 1.29 is 24.1 Å². The molecule has 1 atom stereocenters. The molecule has 2 aliphatic carbocycles. The van der Waals surface area contributed by atoms with Crippen LogP contribution in [-0.4, -0.2) is 88.7 Å². The lowest BCUT2D eigenvalue weighted by atomic mass is 9.79. The van der Waals surface area contributed by atoms with E-state index in [4.69, 9.17) is 37.4 Å². The second-order valence-corrected chi connectivity index (χ2v) is 18.5. The van der Waals surface area contributed by atoms with Gasteiger partial charge in [-0.05, 0) is 136 Å². The molecular formula is C46H52Cl2N6O5S.